The molecule has 0 spiro atoms. The van der Waals surface area contributed by atoms with Crippen LogP contribution in [0.3, 0.4) is 0 Å². The van der Waals surface area contributed by atoms with Crippen molar-refractivity contribution in [2.45, 2.75) is 13.8 Å². The molecule has 0 saturated carbocycles. The lowest BCUT2D eigenvalue weighted by atomic mass is 10.1. The second kappa shape index (κ2) is 7.20. The van der Waals surface area contributed by atoms with E-state index in [-0.39, 0.29) is 0 Å². The SMILES string of the molecule is Cc1cc(Cl)cc(C)c1Nc1ccnc(Nc2ccc(C#N)cc2)n1. The molecule has 0 atom stereocenters. The van der Waals surface area contributed by atoms with Crippen molar-refractivity contribution in [3.05, 3.63) is 70.4 Å². The minimum atomic E-state index is 0.471. The van der Waals surface area contributed by atoms with Crippen molar-refractivity contribution in [3.8, 4) is 6.07 Å². The lowest BCUT2D eigenvalue weighted by Crippen LogP contribution is -2.02. The Kier molecular flexibility index (Phi) is 4.82. The van der Waals surface area contributed by atoms with Crippen LogP contribution in [0.1, 0.15) is 16.7 Å². The van der Waals surface area contributed by atoms with Gasteiger partial charge in [-0.05, 0) is 67.4 Å². The summed E-state index contributed by atoms with van der Waals surface area (Å²) in [5.41, 5.74) is 4.49. The highest BCUT2D eigenvalue weighted by molar-refractivity contribution is 6.30. The molecule has 25 heavy (non-hydrogen) atoms. The van der Waals surface area contributed by atoms with Crippen LogP contribution in [0, 0.1) is 25.2 Å². The van der Waals surface area contributed by atoms with Gasteiger partial charge in [0.05, 0.1) is 11.6 Å². The Hall–Kier alpha value is -3.10. The van der Waals surface area contributed by atoms with E-state index in [0.717, 1.165) is 22.5 Å². The van der Waals surface area contributed by atoms with E-state index in [1.807, 2.05) is 38.1 Å². The van der Waals surface area contributed by atoms with Crippen molar-refractivity contribution >= 4 is 34.7 Å². The van der Waals surface area contributed by atoms with E-state index < -0.39 is 0 Å². The maximum absolute atomic E-state index is 8.85. The average Bonchev–Trinajstić information content (AvgIpc) is 2.59. The van der Waals surface area contributed by atoms with E-state index in [4.69, 9.17) is 16.9 Å². The monoisotopic (exact) mass is 349 g/mol. The topological polar surface area (TPSA) is 73.6 Å². The summed E-state index contributed by atoms with van der Waals surface area (Å²) in [5.74, 6) is 1.15. The minimum absolute atomic E-state index is 0.471. The van der Waals surface area contributed by atoms with Crippen molar-refractivity contribution in [1.29, 1.82) is 5.26 Å². The fourth-order valence-electron chi connectivity index (χ4n) is 2.48. The molecule has 0 fully saturated rings. The summed E-state index contributed by atoms with van der Waals surface area (Å²) in [4.78, 5) is 8.71. The van der Waals surface area contributed by atoms with Crippen molar-refractivity contribution in [1.82, 2.24) is 9.97 Å². The number of aromatic nitrogens is 2. The number of aryl methyl sites for hydroxylation is 2. The summed E-state index contributed by atoms with van der Waals surface area (Å²) in [6.07, 6.45) is 1.68. The molecule has 5 nitrogen and oxygen atoms in total. The predicted molar refractivity (Wildman–Crippen MR) is 101 cm³/mol. The van der Waals surface area contributed by atoms with Crippen LogP contribution in [0.15, 0.2) is 48.7 Å². The zero-order valence-corrected chi connectivity index (χ0v) is 14.6. The number of benzene rings is 2. The van der Waals surface area contributed by atoms with Crippen molar-refractivity contribution in [3.63, 3.8) is 0 Å². The van der Waals surface area contributed by atoms with E-state index in [1.54, 1.807) is 24.4 Å². The van der Waals surface area contributed by atoms with Gasteiger partial charge in [0.1, 0.15) is 5.82 Å². The number of halogens is 1. The Morgan fingerprint density at radius 3 is 2.32 bits per heavy atom. The van der Waals surface area contributed by atoms with Gasteiger partial charge in [-0.25, -0.2) is 4.98 Å². The van der Waals surface area contributed by atoms with Gasteiger partial charge in [-0.2, -0.15) is 10.2 Å². The van der Waals surface area contributed by atoms with Gasteiger partial charge < -0.3 is 10.6 Å². The first kappa shape index (κ1) is 16.7. The second-order valence-corrected chi connectivity index (χ2v) is 6.06. The number of rotatable bonds is 4. The first-order valence-electron chi connectivity index (χ1n) is 7.69. The fourth-order valence-corrected chi connectivity index (χ4v) is 2.81. The highest BCUT2D eigenvalue weighted by Crippen LogP contribution is 2.27. The quantitative estimate of drug-likeness (QED) is 0.685. The Morgan fingerprint density at radius 1 is 1.00 bits per heavy atom. The highest BCUT2D eigenvalue weighted by Gasteiger charge is 2.07. The number of nitrogens with one attached hydrogen (secondary N) is 2. The third-order valence-corrected chi connectivity index (χ3v) is 3.89. The lowest BCUT2D eigenvalue weighted by Gasteiger charge is -2.13. The molecule has 0 amide bonds. The molecule has 0 saturated heterocycles. The molecule has 2 N–H and O–H groups in total. The molecule has 3 rings (SSSR count). The zero-order valence-electron chi connectivity index (χ0n) is 13.8. The first-order valence-corrected chi connectivity index (χ1v) is 8.07. The molecular formula is C19H16ClN5. The second-order valence-electron chi connectivity index (χ2n) is 5.62. The predicted octanol–water partition coefficient (Wildman–Crippen LogP) is 5.11. The van der Waals surface area contributed by atoms with Gasteiger partial charge in [-0.3, -0.25) is 0 Å². The Morgan fingerprint density at radius 2 is 1.68 bits per heavy atom. The number of nitriles is 1. The van der Waals surface area contributed by atoms with Crippen LogP contribution in [0.4, 0.5) is 23.1 Å². The molecule has 0 radical (unpaired) electrons. The van der Waals surface area contributed by atoms with Gasteiger partial charge in [0.25, 0.3) is 0 Å². The maximum Gasteiger partial charge on any atom is 0.229 e. The number of hydrogen-bond acceptors (Lipinski definition) is 5. The molecule has 1 aromatic heterocycles. The highest BCUT2D eigenvalue weighted by atomic mass is 35.5. The molecule has 2 aromatic carbocycles. The molecule has 3 aromatic rings. The summed E-state index contributed by atoms with van der Waals surface area (Å²) in [5, 5.41) is 16.0. The smallest absolute Gasteiger partial charge is 0.229 e. The molecule has 0 aliphatic heterocycles. The third kappa shape index (κ3) is 4.06. The third-order valence-electron chi connectivity index (χ3n) is 3.68. The first-order chi connectivity index (χ1) is 12.0. The Labute approximate surface area is 151 Å². The molecular weight excluding hydrogens is 334 g/mol. The molecule has 1 heterocycles. The van der Waals surface area contributed by atoms with Crippen molar-refractivity contribution < 1.29 is 0 Å². The normalized spacial score (nSPS) is 10.2. The molecule has 0 aliphatic rings. The van der Waals surface area contributed by atoms with Gasteiger partial charge in [-0.15, -0.1) is 0 Å². The molecule has 0 unspecified atom stereocenters. The van der Waals surface area contributed by atoms with Crippen molar-refractivity contribution in [2.75, 3.05) is 10.6 Å². The van der Waals surface area contributed by atoms with E-state index in [9.17, 15) is 0 Å². The Balaban J connectivity index is 1.81. The number of anilines is 4. The average molecular weight is 350 g/mol. The maximum atomic E-state index is 8.85. The van der Waals surface area contributed by atoms with E-state index in [2.05, 4.69) is 26.7 Å². The van der Waals surface area contributed by atoms with Gasteiger partial charge >= 0.3 is 0 Å². The van der Waals surface area contributed by atoms with Gasteiger partial charge in [-0.1, -0.05) is 11.6 Å². The zero-order chi connectivity index (χ0) is 17.8. The Bertz CT molecular complexity index is 922. The van der Waals surface area contributed by atoms with E-state index >= 15 is 0 Å². The van der Waals surface area contributed by atoms with Crippen LogP contribution in [0.2, 0.25) is 5.02 Å². The summed E-state index contributed by atoms with van der Waals surface area (Å²) >= 11 is 6.08. The standard InChI is InChI=1S/C19H16ClN5/c1-12-9-15(20)10-13(2)18(12)24-17-7-8-22-19(25-17)23-16-5-3-14(11-21)4-6-16/h3-10H,1-2H3,(H2,22,23,24,25). The largest absolute Gasteiger partial charge is 0.340 e. The van der Waals surface area contributed by atoms with Gasteiger partial charge in [0.2, 0.25) is 5.95 Å². The molecule has 6 heteroatoms. The van der Waals surface area contributed by atoms with Crippen molar-refractivity contribution in [2.24, 2.45) is 0 Å². The summed E-state index contributed by atoms with van der Waals surface area (Å²) in [7, 11) is 0. The molecule has 124 valence electrons. The summed E-state index contributed by atoms with van der Waals surface area (Å²) < 4.78 is 0. The molecule has 0 aliphatic carbocycles. The van der Waals surface area contributed by atoms with Crippen LogP contribution in [0.5, 0.6) is 0 Å². The minimum Gasteiger partial charge on any atom is -0.340 e. The van der Waals surface area contributed by atoms with Crippen LogP contribution in [-0.2, 0) is 0 Å². The number of nitrogens with zero attached hydrogens (tertiary/aromatic N) is 3. The van der Waals surface area contributed by atoms with Crippen LogP contribution in [-0.4, -0.2) is 9.97 Å². The summed E-state index contributed by atoms with van der Waals surface area (Å²) in [6, 6.07) is 14.8. The van der Waals surface area contributed by atoms with Crippen LogP contribution >= 0.6 is 11.6 Å². The van der Waals surface area contributed by atoms with E-state index in [1.165, 1.54) is 0 Å². The number of hydrogen-bond donors (Lipinski definition) is 2. The van der Waals surface area contributed by atoms with Gasteiger partial charge in [0, 0.05) is 22.6 Å². The fraction of sp³-hybridized carbons (Fsp3) is 0.105. The van der Waals surface area contributed by atoms with E-state index in [0.29, 0.717) is 22.4 Å². The van der Waals surface area contributed by atoms with Gasteiger partial charge in [0.15, 0.2) is 0 Å². The molecule has 0 bridgehead atoms. The summed E-state index contributed by atoms with van der Waals surface area (Å²) in [6.45, 7) is 4.00. The lowest BCUT2D eigenvalue weighted by molar-refractivity contribution is 1.16. The van der Waals surface area contributed by atoms with Crippen LogP contribution < -0.4 is 10.6 Å². The van der Waals surface area contributed by atoms with Crippen LogP contribution in [0.25, 0.3) is 0 Å².